The topological polar surface area (TPSA) is 51.2 Å². The number of aromatic nitrogens is 1. The number of alkyl carbamates (subject to hydrolysis) is 1. The molecular weight excluding hydrogens is 240 g/mol. The second-order valence-electron chi connectivity index (χ2n) is 4.64. The Morgan fingerprint density at radius 2 is 2.24 bits per heavy atom. The van der Waals surface area contributed by atoms with Crippen LogP contribution in [0, 0.1) is 0 Å². The third kappa shape index (κ3) is 5.54. The number of ether oxygens (including phenoxy) is 1. The molecule has 5 heteroatoms. The minimum Gasteiger partial charge on any atom is -0.444 e. The van der Waals surface area contributed by atoms with Gasteiger partial charge in [-0.1, -0.05) is 0 Å². The quantitative estimate of drug-likeness (QED) is 0.846. The number of carbonyl (C=O) groups is 1. The molecule has 1 heterocycles. The Balaban J connectivity index is 2.47. The molecule has 0 unspecified atom stereocenters. The van der Waals surface area contributed by atoms with E-state index in [9.17, 15) is 4.79 Å². The van der Waals surface area contributed by atoms with Crippen LogP contribution >= 0.6 is 11.6 Å². The van der Waals surface area contributed by atoms with Crippen molar-refractivity contribution in [2.75, 3.05) is 0 Å². The molecule has 4 nitrogen and oxygen atoms in total. The van der Waals surface area contributed by atoms with E-state index in [-0.39, 0.29) is 0 Å². The number of pyridine rings is 1. The molecule has 0 spiro atoms. The summed E-state index contributed by atoms with van der Waals surface area (Å²) in [4.78, 5) is 15.5. The standard InChI is InChI=1S/C12H17ClN2O2/c1-12(2,3)17-11(16)15-8-9-4-5-14-10(6-9)7-13/h4-6H,7-8H2,1-3H3,(H,15,16). The molecule has 0 atom stereocenters. The van der Waals surface area contributed by atoms with E-state index < -0.39 is 11.7 Å². The first kappa shape index (κ1) is 13.8. The van der Waals surface area contributed by atoms with Gasteiger partial charge in [0.15, 0.2) is 0 Å². The smallest absolute Gasteiger partial charge is 0.407 e. The molecule has 0 saturated carbocycles. The first-order valence-corrected chi connectivity index (χ1v) is 5.91. The lowest BCUT2D eigenvalue weighted by Crippen LogP contribution is -2.32. The minimum absolute atomic E-state index is 0.361. The van der Waals surface area contributed by atoms with E-state index >= 15 is 0 Å². The molecule has 0 saturated heterocycles. The molecule has 0 bridgehead atoms. The van der Waals surface area contributed by atoms with Gasteiger partial charge in [-0.05, 0) is 38.5 Å². The van der Waals surface area contributed by atoms with Crippen LogP contribution in [0.2, 0.25) is 0 Å². The average molecular weight is 257 g/mol. The predicted molar refractivity (Wildman–Crippen MR) is 66.9 cm³/mol. The zero-order chi connectivity index (χ0) is 12.9. The lowest BCUT2D eigenvalue weighted by Gasteiger charge is -2.19. The summed E-state index contributed by atoms with van der Waals surface area (Å²) < 4.78 is 5.12. The van der Waals surface area contributed by atoms with Crippen molar-refractivity contribution in [3.63, 3.8) is 0 Å². The summed E-state index contributed by atoms with van der Waals surface area (Å²) in [6.45, 7) is 5.88. The van der Waals surface area contributed by atoms with Gasteiger partial charge in [-0.25, -0.2) is 4.79 Å². The van der Waals surface area contributed by atoms with Crippen molar-refractivity contribution in [2.24, 2.45) is 0 Å². The van der Waals surface area contributed by atoms with Crippen LogP contribution in [0.5, 0.6) is 0 Å². The molecule has 0 aliphatic heterocycles. The molecule has 1 aromatic rings. The van der Waals surface area contributed by atoms with E-state index in [4.69, 9.17) is 16.3 Å². The molecule has 0 fully saturated rings. The Morgan fingerprint density at radius 1 is 1.53 bits per heavy atom. The molecular formula is C12H17ClN2O2. The maximum absolute atomic E-state index is 11.4. The van der Waals surface area contributed by atoms with Crippen LogP contribution in [0.25, 0.3) is 0 Å². The summed E-state index contributed by atoms with van der Waals surface area (Å²) >= 11 is 5.67. The van der Waals surface area contributed by atoms with Gasteiger partial charge in [0.25, 0.3) is 0 Å². The molecule has 0 aliphatic carbocycles. The molecule has 0 radical (unpaired) electrons. The Hall–Kier alpha value is -1.29. The minimum atomic E-state index is -0.483. The second kappa shape index (κ2) is 5.87. The number of halogens is 1. The molecule has 1 rings (SSSR count). The lowest BCUT2D eigenvalue weighted by molar-refractivity contribution is 0.0523. The number of carbonyl (C=O) groups excluding carboxylic acids is 1. The van der Waals surface area contributed by atoms with Gasteiger partial charge < -0.3 is 10.1 Å². The van der Waals surface area contributed by atoms with Crippen LogP contribution in [0.3, 0.4) is 0 Å². The summed E-state index contributed by atoms with van der Waals surface area (Å²) in [7, 11) is 0. The fourth-order valence-electron chi connectivity index (χ4n) is 1.20. The third-order valence-corrected chi connectivity index (χ3v) is 2.13. The van der Waals surface area contributed by atoms with E-state index in [2.05, 4.69) is 10.3 Å². The maximum atomic E-state index is 11.4. The van der Waals surface area contributed by atoms with Crippen molar-refractivity contribution in [2.45, 2.75) is 38.8 Å². The number of nitrogens with zero attached hydrogens (tertiary/aromatic N) is 1. The molecule has 0 aliphatic rings. The number of nitrogens with one attached hydrogen (secondary N) is 1. The Bertz CT molecular complexity index is 388. The normalized spacial score (nSPS) is 11.1. The summed E-state index contributed by atoms with van der Waals surface area (Å²) in [5.74, 6) is 0.361. The Kier molecular flexibility index (Phi) is 4.75. The predicted octanol–water partition coefficient (Wildman–Crippen LogP) is 2.85. The van der Waals surface area contributed by atoms with Crippen molar-refractivity contribution in [3.05, 3.63) is 29.6 Å². The number of hydrogen-bond donors (Lipinski definition) is 1. The van der Waals surface area contributed by atoms with Crippen LogP contribution in [0.15, 0.2) is 18.3 Å². The number of hydrogen-bond acceptors (Lipinski definition) is 3. The highest BCUT2D eigenvalue weighted by atomic mass is 35.5. The molecule has 0 aromatic carbocycles. The molecule has 1 N–H and O–H groups in total. The van der Waals surface area contributed by atoms with E-state index in [1.54, 1.807) is 6.20 Å². The number of alkyl halides is 1. The van der Waals surface area contributed by atoms with Crippen LogP contribution in [0.4, 0.5) is 4.79 Å². The monoisotopic (exact) mass is 256 g/mol. The van der Waals surface area contributed by atoms with Crippen LogP contribution in [0.1, 0.15) is 32.0 Å². The van der Waals surface area contributed by atoms with Gasteiger partial charge in [-0.15, -0.1) is 11.6 Å². The van der Waals surface area contributed by atoms with Crippen molar-refractivity contribution in [1.82, 2.24) is 10.3 Å². The number of rotatable bonds is 3. The Morgan fingerprint density at radius 3 is 2.82 bits per heavy atom. The van der Waals surface area contributed by atoms with Crippen LogP contribution in [-0.2, 0) is 17.2 Å². The molecule has 17 heavy (non-hydrogen) atoms. The fourth-order valence-corrected chi connectivity index (χ4v) is 1.35. The average Bonchev–Trinajstić information content (AvgIpc) is 2.24. The SMILES string of the molecule is CC(C)(C)OC(=O)NCc1ccnc(CCl)c1. The van der Waals surface area contributed by atoms with Crippen molar-refractivity contribution in [1.29, 1.82) is 0 Å². The van der Waals surface area contributed by atoms with Gasteiger partial charge in [0, 0.05) is 12.7 Å². The second-order valence-corrected chi connectivity index (χ2v) is 4.91. The maximum Gasteiger partial charge on any atom is 0.407 e. The van der Waals surface area contributed by atoms with Gasteiger partial charge in [0.05, 0.1) is 11.6 Å². The van der Waals surface area contributed by atoms with E-state index in [0.717, 1.165) is 11.3 Å². The highest BCUT2D eigenvalue weighted by Crippen LogP contribution is 2.08. The van der Waals surface area contributed by atoms with E-state index in [0.29, 0.717) is 12.4 Å². The molecule has 1 amide bonds. The highest BCUT2D eigenvalue weighted by molar-refractivity contribution is 6.16. The fraction of sp³-hybridized carbons (Fsp3) is 0.500. The first-order chi connectivity index (χ1) is 7.90. The van der Waals surface area contributed by atoms with Crippen molar-refractivity contribution >= 4 is 17.7 Å². The van der Waals surface area contributed by atoms with Gasteiger partial charge in [-0.3, -0.25) is 4.98 Å². The van der Waals surface area contributed by atoms with Gasteiger partial charge >= 0.3 is 6.09 Å². The number of amides is 1. The van der Waals surface area contributed by atoms with Gasteiger partial charge in [0.1, 0.15) is 5.60 Å². The zero-order valence-corrected chi connectivity index (χ0v) is 11.0. The summed E-state index contributed by atoms with van der Waals surface area (Å²) in [6, 6.07) is 3.68. The molecule has 1 aromatic heterocycles. The van der Waals surface area contributed by atoms with Crippen LogP contribution in [-0.4, -0.2) is 16.7 Å². The summed E-state index contributed by atoms with van der Waals surface area (Å²) in [5.41, 5.74) is 1.25. The zero-order valence-electron chi connectivity index (χ0n) is 10.3. The Labute approximate surface area is 106 Å². The van der Waals surface area contributed by atoms with Crippen molar-refractivity contribution < 1.29 is 9.53 Å². The van der Waals surface area contributed by atoms with Gasteiger partial charge in [0.2, 0.25) is 0 Å². The third-order valence-electron chi connectivity index (χ3n) is 1.85. The largest absolute Gasteiger partial charge is 0.444 e. The highest BCUT2D eigenvalue weighted by Gasteiger charge is 2.15. The van der Waals surface area contributed by atoms with Crippen LogP contribution < -0.4 is 5.32 Å². The summed E-state index contributed by atoms with van der Waals surface area (Å²) in [6.07, 6.45) is 1.24. The van der Waals surface area contributed by atoms with Gasteiger partial charge in [-0.2, -0.15) is 0 Å². The van der Waals surface area contributed by atoms with E-state index in [1.165, 1.54) is 0 Å². The summed E-state index contributed by atoms with van der Waals surface area (Å²) in [5, 5.41) is 2.67. The van der Waals surface area contributed by atoms with Crippen molar-refractivity contribution in [3.8, 4) is 0 Å². The molecule has 94 valence electrons. The first-order valence-electron chi connectivity index (χ1n) is 5.37. The lowest BCUT2D eigenvalue weighted by atomic mass is 10.2. The van der Waals surface area contributed by atoms with E-state index in [1.807, 2.05) is 32.9 Å².